The number of nitrogens with zero attached hydrogens (tertiary/aromatic N) is 2. The van der Waals surface area contributed by atoms with Crippen LogP contribution in [0.2, 0.25) is 0 Å². The highest BCUT2D eigenvalue weighted by Gasteiger charge is 2.35. The molecule has 0 saturated heterocycles. The average molecular weight is 286 g/mol. The minimum Gasteiger partial charge on any atom is -0.399 e. The molecule has 1 aromatic heterocycles. The van der Waals surface area contributed by atoms with Gasteiger partial charge < -0.3 is 16.2 Å². The third-order valence-electron chi connectivity index (χ3n) is 4.44. The molecule has 2 unspecified atom stereocenters. The smallest absolute Gasteiger partial charge is 0.137 e. The van der Waals surface area contributed by atoms with Gasteiger partial charge in [-0.15, -0.1) is 0 Å². The van der Waals surface area contributed by atoms with Crippen LogP contribution in [0, 0.1) is 5.92 Å². The van der Waals surface area contributed by atoms with Crippen molar-refractivity contribution in [3.8, 4) is 0 Å². The summed E-state index contributed by atoms with van der Waals surface area (Å²) in [6.07, 6.45) is 5.82. The lowest BCUT2D eigenvalue weighted by Crippen LogP contribution is -2.46. The predicted octanol–water partition coefficient (Wildman–Crippen LogP) is 2.57. The summed E-state index contributed by atoms with van der Waals surface area (Å²) in [5.41, 5.74) is 7.14. The van der Waals surface area contributed by atoms with Gasteiger partial charge in [-0.3, -0.25) is 0 Å². The fraction of sp³-hybridized carbons (Fsp3) is 0.500. The number of nitrogen functional groups attached to an aromatic ring is 1. The number of hydrogen-bond acceptors (Lipinski definition) is 5. The van der Waals surface area contributed by atoms with Crippen LogP contribution in [-0.4, -0.2) is 27.2 Å². The van der Waals surface area contributed by atoms with Gasteiger partial charge in [-0.1, -0.05) is 19.8 Å². The van der Waals surface area contributed by atoms with E-state index in [4.69, 9.17) is 5.73 Å². The highest BCUT2D eigenvalue weighted by molar-refractivity contribution is 5.91. The summed E-state index contributed by atoms with van der Waals surface area (Å²) in [5, 5.41) is 14.3. The van der Waals surface area contributed by atoms with Crippen LogP contribution in [0.5, 0.6) is 0 Å². The third-order valence-corrected chi connectivity index (χ3v) is 4.44. The van der Waals surface area contributed by atoms with Crippen LogP contribution >= 0.6 is 0 Å². The second kappa shape index (κ2) is 5.48. The summed E-state index contributed by atoms with van der Waals surface area (Å²) >= 11 is 0. The Bertz CT molecular complexity index is 645. The van der Waals surface area contributed by atoms with E-state index >= 15 is 0 Å². The van der Waals surface area contributed by atoms with Gasteiger partial charge in [0.1, 0.15) is 12.1 Å². The van der Waals surface area contributed by atoms with Crippen LogP contribution in [0.1, 0.15) is 32.6 Å². The van der Waals surface area contributed by atoms with E-state index in [1.54, 1.807) is 6.33 Å². The fourth-order valence-corrected chi connectivity index (χ4v) is 3.38. The Morgan fingerprint density at radius 2 is 2.29 bits per heavy atom. The molecule has 0 bridgehead atoms. The molecule has 3 rings (SSSR count). The van der Waals surface area contributed by atoms with E-state index in [0.717, 1.165) is 36.0 Å². The number of nitrogens with two attached hydrogens (primary N) is 1. The van der Waals surface area contributed by atoms with Crippen molar-refractivity contribution >= 4 is 22.4 Å². The number of anilines is 2. The number of fused-ring (bicyclic) bond motifs is 1. The molecule has 4 N–H and O–H groups in total. The lowest BCUT2D eigenvalue weighted by molar-refractivity contribution is 0.149. The lowest BCUT2D eigenvalue weighted by atomic mass is 9.77. The summed E-state index contributed by atoms with van der Waals surface area (Å²) in [7, 11) is 0. The van der Waals surface area contributed by atoms with Crippen molar-refractivity contribution in [2.45, 2.75) is 38.1 Å². The van der Waals surface area contributed by atoms with Crippen molar-refractivity contribution < 1.29 is 5.11 Å². The average Bonchev–Trinajstić information content (AvgIpc) is 2.48. The minimum absolute atomic E-state index is 0.116. The number of aliphatic hydroxyl groups is 1. The molecule has 2 atom stereocenters. The molecular weight excluding hydrogens is 264 g/mol. The normalized spacial score (nSPS) is 25.9. The Hall–Kier alpha value is -1.88. The zero-order valence-electron chi connectivity index (χ0n) is 12.3. The van der Waals surface area contributed by atoms with Gasteiger partial charge in [0.05, 0.1) is 17.7 Å². The zero-order chi connectivity index (χ0) is 14.9. The largest absolute Gasteiger partial charge is 0.399 e. The summed E-state index contributed by atoms with van der Waals surface area (Å²) < 4.78 is 0. The van der Waals surface area contributed by atoms with Gasteiger partial charge in [0.25, 0.3) is 0 Å². The Morgan fingerprint density at radius 1 is 1.43 bits per heavy atom. The van der Waals surface area contributed by atoms with Crippen molar-refractivity contribution in [2.75, 3.05) is 17.7 Å². The number of hydrogen-bond donors (Lipinski definition) is 3. The van der Waals surface area contributed by atoms with E-state index in [0.29, 0.717) is 11.6 Å². The summed E-state index contributed by atoms with van der Waals surface area (Å²) in [5.74, 6) is 1.37. The first kappa shape index (κ1) is 14.1. The van der Waals surface area contributed by atoms with Gasteiger partial charge in [-0.2, -0.15) is 0 Å². The molecule has 1 aliphatic rings. The van der Waals surface area contributed by atoms with Crippen molar-refractivity contribution in [1.82, 2.24) is 9.97 Å². The van der Waals surface area contributed by atoms with Gasteiger partial charge in [-0.05, 0) is 37.0 Å². The van der Waals surface area contributed by atoms with E-state index in [9.17, 15) is 5.11 Å². The lowest BCUT2D eigenvalue weighted by Gasteiger charge is -2.40. The molecule has 2 aromatic rings. The van der Waals surface area contributed by atoms with E-state index in [-0.39, 0.29) is 12.1 Å². The molecular formula is C16H22N4O. The Morgan fingerprint density at radius 3 is 3.05 bits per heavy atom. The van der Waals surface area contributed by atoms with E-state index in [1.807, 2.05) is 18.2 Å². The number of aromatic nitrogens is 2. The van der Waals surface area contributed by atoms with Crippen molar-refractivity contribution in [2.24, 2.45) is 5.92 Å². The van der Waals surface area contributed by atoms with Gasteiger partial charge in [0, 0.05) is 11.1 Å². The molecule has 1 heterocycles. The highest BCUT2D eigenvalue weighted by atomic mass is 16.3. The SMILES string of the molecule is CC1CCCC(CO)(Nc2ncnc3ccc(N)cc23)C1. The van der Waals surface area contributed by atoms with Crippen molar-refractivity contribution in [1.29, 1.82) is 0 Å². The quantitative estimate of drug-likeness (QED) is 0.755. The van der Waals surface area contributed by atoms with Crippen molar-refractivity contribution in [3.63, 3.8) is 0 Å². The Balaban J connectivity index is 1.98. The maximum Gasteiger partial charge on any atom is 0.137 e. The Labute approximate surface area is 124 Å². The van der Waals surface area contributed by atoms with E-state index in [1.165, 1.54) is 6.42 Å². The zero-order valence-corrected chi connectivity index (χ0v) is 12.3. The van der Waals surface area contributed by atoms with Crippen molar-refractivity contribution in [3.05, 3.63) is 24.5 Å². The summed E-state index contributed by atoms with van der Waals surface area (Å²) in [6.45, 7) is 2.35. The molecule has 1 aliphatic carbocycles. The van der Waals surface area contributed by atoms with Gasteiger partial charge in [-0.25, -0.2) is 9.97 Å². The van der Waals surface area contributed by atoms with E-state index < -0.39 is 0 Å². The first-order valence-electron chi connectivity index (χ1n) is 7.51. The van der Waals surface area contributed by atoms with E-state index in [2.05, 4.69) is 22.2 Å². The van der Waals surface area contributed by atoms with Crippen LogP contribution in [0.25, 0.3) is 10.9 Å². The molecule has 112 valence electrons. The van der Waals surface area contributed by atoms with Crippen LogP contribution in [0.15, 0.2) is 24.5 Å². The maximum absolute atomic E-state index is 9.92. The molecule has 5 nitrogen and oxygen atoms in total. The topological polar surface area (TPSA) is 84.1 Å². The monoisotopic (exact) mass is 286 g/mol. The van der Waals surface area contributed by atoms with Gasteiger partial charge in [0.15, 0.2) is 0 Å². The molecule has 0 spiro atoms. The molecule has 0 amide bonds. The Kier molecular flexibility index (Phi) is 3.68. The number of aliphatic hydroxyl groups excluding tert-OH is 1. The third kappa shape index (κ3) is 2.78. The number of benzene rings is 1. The highest BCUT2D eigenvalue weighted by Crippen LogP contribution is 2.35. The summed E-state index contributed by atoms with van der Waals surface area (Å²) in [4.78, 5) is 8.64. The molecule has 5 heteroatoms. The second-order valence-electron chi connectivity index (χ2n) is 6.26. The number of nitrogens with one attached hydrogen (secondary N) is 1. The summed E-state index contributed by atoms with van der Waals surface area (Å²) in [6, 6.07) is 5.62. The van der Waals surface area contributed by atoms with Gasteiger partial charge in [0.2, 0.25) is 0 Å². The first-order chi connectivity index (χ1) is 10.1. The molecule has 0 radical (unpaired) electrons. The van der Waals surface area contributed by atoms with Gasteiger partial charge >= 0.3 is 0 Å². The van der Waals surface area contributed by atoms with Crippen LogP contribution in [-0.2, 0) is 0 Å². The molecule has 1 aromatic carbocycles. The minimum atomic E-state index is -0.288. The molecule has 21 heavy (non-hydrogen) atoms. The maximum atomic E-state index is 9.92. The molecule has 1 fully saturated rings. The number of rotatable bonds is 3. The van der Waals surface area contributed by atoms with Crippen LogP contribution in [0.3, 0.4) is 0 Å². The molecule has 0 aliphatic heterocycles. The van der Waals surface area contributed by atoms with Crippen LogP contribution in [0.4, 0.5) is 11.5 Å². The molecule has 1 saturated carbocycles. The van der Waals surface area contributed by atoms with Crippen LogP contribution < -0.4 is 11.1 Å². The second-order valence-corrected chi connectivity index (χ2v) is 6.26. The first-order valence-corrected chi connectivity index (χ1v) is 7.51. The standard InChI is InChI=1S/C16H22N4O/c1-11-3-2-6-16(8-11,9-21)20-15-13-7-12(17)4-5-14(13)18-10-19-15/h4-5,7,10-11,21H,2-3,6,8-9,17H2,1H3,(H,18,19,20). The fourth-order valence-electron chi connectivity index (χ4n) is 3.38. The predicted molar refractivity (Wildman–Crippen MR) is 85.0 cm³/mol.